The molecule has 2 atom stereocenters. The molecule has 2 aromatic rings. The van der Waals surface area contributed by atoms with Gasteiger partial charge in [-0.15, -0.1) is 0 Å². The van der Waals surface area contributed by atoms with E-state index >= 15 is 0 Å². The van der Waals surface area contributed by atoms with E-state index in [1.54, 1.807) is 12.1 Å². The number of hydrogen-bond acceptors (Lipinski definition) is 5. The summed E-state index contributed by atoms with van der Waals surface area (Å²) in [4.78, 5) is 11.5. The van der Waals surface area contributed by atoms with Gasteiger partial charge in [0.05, 0.1) is 11.0 Å². The maximum atomic E-state index is 12.9. The van der Waals surface area contributed by atoms with Crippen LogP contribution in [0.1, 0.15) is 29.5 Å². The van der Waals surface area contributed by atoms with E-state index in [0.29, 0.717) is 12.4 Å². The Morgan fingerprint density at radius 3 is 2.52 bits per heavy atom. The third kappa shape index (κ3) is 4.77. The Kier molecular flexibility index (Phi) is 6.26. The number of carboxylic acid groups (broad SMARTS) is 1. The van der Waals surface area contributed by atoms with Crippen LogP contribution in [0.4, 0.5) is 0 Å². The number of aliphatic carboxylic acids is 1. The van der Waals surface area contributed by atoms with Crippen molar-refractivity contribution in [2.45, 2.75) is 50.3 Å². The zero-order valence-electron chi connectivity index (χ0n) is 16.4. The summed E-state index contributed by atoms with van der Waals surface area (Å²) in [6.45, 7) is 4.34. The fraction of sp³-hybridized carbons (Fsp3) is 0.381. The van der Waals surface area contributed by atoms with Crippen LogP contribution >= 0.6 is 0 Å². The third-order valence-electron chi connectivity index (χ3n) is 5.14. The largest absolute Gasteiger partial charge is 0.489 e. The van der Waals surface area contributed by atoms with E-state index in [-0.39, 0.29) is 24.3 Å². The number of hydrogen-bond donors (Lipinski definition) is 2. The zero-order valence-corrected chi connectivity index (χ0v) is 17.2. The number of rotatable bonds is 6. The van der Waals surface area contributed by atoms with Crippen LogP contribution in [0.3, 0.4) is 0 Å². The monoisotopic (exact) mass is 419 g/mol. The highest BCUT2D eigenvalue weighted by Gasteiger charge is 2.40. The van der Waals surface area contributed by atoms with E-state index in [0.717, 1.165) is 21.0 Å². The average Bonchev–Trinajstić information content (AvgIpc) is 2.68. The minimum Gasteiger partial charge on any atom is -0.489 e. The summed E-state index contributed by atoms with van der Waals surface area (Å²) in [6.07, 6.45) is -0.727. The van der Waals surface area contributed by atoms with Gasteiger partial charge in [0.25, 0.3) is 0 Å². The minimum atomic E-state index is -3.99. The molecule has 0 bridgehead atoms. The Bertz CT molecular complexity index is 987. The van der Waals surface area contributed by atoms with Gasteiger partial charge < -0.3 is 14.9 Å². The normalized spacial score (nSPS) is 20.4. The summed E-state index contributed by atoms with van der Waals surface area (Å²) in [5.74, 6) is -0.741. The SMILES string of the molecule is Cc1ccc(C)c(COc2ccc(S(=O)(=O)N3CCC(O)C[C@@H]3C(=O)O)cc2)c1. The lowest BCUT2D eigenvalue weighted by Crippen LogP contribution is -2.51. The molecule has 7 nitrogen and oxygen atoms in total. The standard InChI is InChI=1S/C21H25NO6S/c1-14-3-4-15(2)16(11-14)13-28-18-5-7-19(8-6-18)29(26,27)22-10-9-17(23)12-20(22)21(24)25/h3-8,11,17,20,23H,9-10,12-13H2,1-2H3,(H,24,25)/t17?,20-/m1/s1. The molecular weight excluding hydrogens is 394 g/mol. The van der Waals surface area contributed by atoms with Crippen LogP contribution in [-0.2, 0) is 21.4 Å². The van der Waals surface area contributed by atoms with Gasteiger partial charge in [-0.1, -0.05) is 23.8 Å². The van der Waals surface area contributed by atoms with Gasteiger partial charge in [0.15, 0.2) is 0 Å². The molecule has 2 N–H and O–H groups in total. The number of benzene rings is 2. The van der Waals surface area contributed by atoms with Crippen LogP contribution in [0.5, 0.6) is 5.75 Å². The molecule has 1 heterocycles. The van der Waals surface area contributed by atoms with Gasteiger partial charge in [-0.05, 0) is 55.7 Å². The van der Waals surface area contributed by atoms with Crippen LogP contribution in [0.15, 0.2) is 47.4 Å². The summed E-state index contributed by atoms with van der Waals surface area (Å²) >= 11 is 0. The van der Waals surface area contributed by atoms with E-state index in [2.05, 4.69) is 0 Å². The third-order valence-corrected chi connectivity index (χ3v) is 7.06. The van der Waals surface area contributed by atoms with Crippen molar-refractivity contribution in [3.05, 3.63) is 59.2 Å². The number of aliphatic hydroxyl groups is 1. The molecule has 8 heteroatoms. The lowest BCUT2D eigenvalue weighted by Gasteiger charge is -2.34. The van der Waals surface area contributed by atoms with Gasteiger partial charge in [0.2, 0.25) is 10.0 Å². The highest BCUT2D eigenvalue weighted by Crippen LogP contribution is 2.27. The summed E-state index contributed by atoms with van der Waals surface area (Å²) in [6, 6.07) is 10.8. The molecule has 1 aliphatic rings. The first kappa shape index (κ1) is 21.3. The van der Waals surface area contributed by atoms with Crippen LogP contribution in [-0.4, -0.2) is 47.6 Å². The number of nitrogens with zero attached hydrogens (tertiary/aromatic N) is 1. The van der Waals surface area contributed by atoms with Crippen molar-refractivity contribution < 1.29 is 28.2 Å². The highest BCUT2D eigenvalue weighted by atomic mass is 32.2. The van der Waals surface area contributed by atoms with E-state index < -0.39 is 28.1 Å². The highest BCUT2D eigenvalue weighted by molar-refractivity contribution is 7.89. The van der Waals surface area contributed by atoms with Crippen molar-refractivity contribution in [1.82, 2.24) is 4.31 Å². The predicted molar refractivity (Wildman–Crippen MR) is 107 cm³/mol. The lowest BCUT2D eigenvalue weighted by molar-refractivity contribution is -0.143. The molecule has 3 rings (SSSR count). The molecule has 156 valence electrons. The second-order valence-corrected chi connectivity index (χ2v) is 9.23. The maximum absolute atomic E-state index is 12.9. The van der Waals surface area contributed by atoms with Gasteiger partial charge in [-0.2, -0.15) is 4.31 Å². The van der Waals surface area contributed by atoms with Crippen molar-refractivity contribution >= 4 is 16.0 Å². The number of ether oxygens (including phenoxy) is 1. The number of piperidine rings is 1. The Morgan fingerprint density at radius 1 is 1.17 bits per heavy atom. The molecule has 0 radical (unpaired) electrons. The molecule has 29 heavy (non-hydrogen) atoms. The fourth-order valence-corrected chi connectivity index (χ4v) is 5.00. The van der Waals surface area contributed by atoms with Gasteiger partial charge in [0.1, 0.15) is 18.4 Å². The molecule has 1 fully saturated rings. The molecule has 0 spiro atoms. The number of carbonyl (C=O) groups is 1. The van der Waals surface area contributed by atoms with Crippen molar-refractivity contribution in [1.29, 1.82) is 0 Å². The van der Waals surface area contributed by atoms with Crippen LogP contribution in [0.25, 0.3) is 0 Å². The second-order valence-electron chi connectivity index (χ2n) is 7.34. The van der Waals surface area contributed by atoms with Crippen LogP contribution in [0, 0.1) is 13.8 Å². The van der Waals surface area contributed by atoms with Gasteiger partial charge >= 0.3 is 5.97 Å². The summed E-state index contributed by atoms with van der Waals surface area (Å²) in [7, 11) is -3.99. The number of aryl methyl sites for hydroxylation is 2. The Labute approximate surface area is 170 Å². The fourth-order valence-electron chi connectivity index (χ4n) is 3.40. The van der Waals surface area contributed by atoms with Gasteiger partial charge in [-0.25, -0.2) is 8.42 Å². The first-order valence-corrected chi connectivity index (χ1v) is 10.8. The topological polar surface area (TPSA) is 104 Å². The quantitative estimate of drug-likeness (QED) is 0.746. The summed E-state index contributed by atoms with van der Waals surface area (Å²) in [5.41, 5.74) is 3.30. The summed E-state index contributed by atoms with van der Waals surface area (Å²) < 4.78 is 32.6. The molecule has 0 aromatic heterocycles. The Morgan fingerprint density at radius 2 is 1.86 bits per heavy atom. The zero-order chi connectivity index (χ0) is 21.2. The van der Waals surface area contributed by atoms with Crippen molar-refractivity contribution in [3.8, 4) is 5.75 Å². The van der Waals surface area contributed by atoms with Gasteiger partial charge in [0, 0.05) is 13.0 Å². The smallest absolute Gasteiger partial charge is 0.322 e. The number of carboxylic acids is 1. The van der Waals surface area contributed by atoms with E-state index in [1.807, 2.05) is 32.0 Å². The number of aliphatic hydroxyl groups excluding tert-OH is 1. The van der Waals surface area contributed by atoms with E-state index in [4.69, 9.17) is 4.74 Å². The molecule has 1 saturated heterocycles. The van der Waals surface area contributed by atoms with Crippen LogP contribution in [0.2, 0.25) is 0 Å². The molecular formula is C21H25NO6S. The molecule has 1 unspecified atom stereocenters. The van der Waals surface area contributed by atoms with Crippen molar-refractivity contribution in [2.75, 3.05) is 6.54 Å². The molecule has 1 aliphatic heterocycles. The van der Waals surface area contributed by atoms with E-state index in [9.17, 15) is 23.4 Å². The van der Waals surface area contributed by atoms with E-state index in [1.165, 1.54) is 12.1 Å². The maximum Gasteiger partial charge on any atom is 0.322 e. The van der Waals surface area contributed by atoms with Crippen molar-refractivity contribution in [3.63, 3.8) is 0 Å². The molecule has 0 saturated carbocycles. The van der Waals surface area contributed by atoms with Gasteiger partial charge in [-0.3, -0.25) is 4.79 Å². The second kappa shape index (κ2) is 8.52. The minimum absolute atomic E-state index is 0.000717. The first-order chi connectivity index (χ1) is 13.7. The molecule has 2 aromatic carbocycles. The average molecular weight is 419 g/mol. The lowest BCUT2D eigenvalue weighted by atomic mass is 10.0. The molecule has 0 amide bonds. The summed E-state index contributed by atoms with van der Waals surface area (Å²) in [5, 5.41) is 19.1. The van der Waals surface area contributed by atoms with Crippen LogP contribution < -0.4 is 4.74 Å². The Hall–Kier alpha value is -2.42. The van der Waals surface area contributed by atoms with Crippen molar-refractivity contribution in [2.24, 2.45) is 0 Å². The Balaban J connectivity index is 1.74. The number of sulfonamides is 1. The first-order valence-electron chi connectivity index (χ1n) is 9.40. The molecule has 0 aliphatic carbocycles. The predicted octanol–water partition coefficient (Wildman–Crippen LogP) is 2.48.